The number of carbonyl (C=O) groups is 2. The summed E-state index contributed by atoms with van der Waals surface area (Å²) in [4.78, 5) is 23.9. The van der Waals surface area contributed by atoms with Crippen LogP contribution in [0, 0.1) is 5.92 Å². The number of nitrogens with one attached hydrogen (secondary N) is 2. The van der Waals surface area contributed by atoms with Gasteiger partial charge in [0.25, 0.3) is 0 Å². The fourth-order valence-electron chi connectivity index (χ4n) is 1.90. The second-order valence-electron chi connectivity index (χ2n) is 5.08. The molecule has 0 heterocycles. The van der Waals surface area contributed by atoms with E-state index in [9.17, 15) is 9.59 Å². The molecule has 0 saturated heterocycles. The molecule has 0 aliphatic carbocycles. The van der Waals surface area contributed by atoms with Gasteiger partial charge in [0, 0.05) is 7.05 Å². The molecule has 5 heteroatoms. The Morgan fingerprint density at radius 2 is 1.75 bits per heavy atom. The Hall–Kier alpha value is -1.55. The molecule has 2 N–H and O–H groups in total. The van der Waals surface area contributed by atoms with Gasteiger partial charge in [-0.1, -0.05) is 44.2 Å². The highest BCUT2D eigenvalue weighted by Gasteiger charge is 2.25. The zero-order chi connectivity index (χ0) is 15.1. The summed E-state index contributed by atoms with van der Waals surface area (Å²) < 4.78 is 0. The maximum absolute atomic E-state index is 12.1. The van der Waals surface area contributed by atoms with Crippen LogP contribution in [-0.2, 0) is 9.59 Å². The van der Waals surface area contributed by atoms with E-state index in [0.29, 0.717) is 17.9 Å². The van der Waals surface area contributed by atoms with Gasteiger partial charge in [0.2, 0.25) is 11.8 Å². The van der Waals surface area contributed by atoms with Crippen LogP contribution in [0.1, 0.15) is 31.2 Å². The molecule has 110 valence electrons. The van der Waals surface area contributed by atoms with E-state index >= 15 is 0 Å². The van der Waals surface area contributed by atoms with E-state index in [0.717, 1.165) is 0 Å². The number of amides is 2. The van der Waals surface area contributed by atoms with E-state index in [4.69, 9.17) is 11.6 Å². The third-order valence-electron chi connectivity index (χ3n) is 2.91. The molecule has 0 saturated carbocycles. The number of alkyl halides is 1. The first-order valence-corrected chi connectivity index (χ1v) is 7.10. The Morgan fingerprint density at radius 1 is 1.15 bits per heavy atom. The summed E-state index contributed by atoms with van der Waals surface area (Å²) in [6, 6.07) is 8.52. The van der Waals surface area contributed by atoms with Gasteiger partial charge in [-0.15, -0.1) is 11.6 Å². The minimum absolute atomic E-state index is 0.205. The number of rotatable bonds is 6. The van der Waals surface area contributed by atoms with Crippen molar-refractivity contribution in [2.75, 3.05) is 7.05 Å². The Bertz CT molecular complexity index is 448. The van der Waals surface area contributed by atoms with Crippen molar-refractivity contribution in [2.45, 2.75) is 31.7 Å². The average Bonchev–Trinajstić information content (AvgIpc) is 2.45. The van der Waals surface area contributed by atoms with E-state index in [1.165, 1.54) is 0 Å². The summed E-state index contributed by atoms with van der Waals surface area (Å²) in [6.45, 7) is 3.99. The van der Waals surface area contributed by atoms with Crippen LogP contribution in [0.4, 0.5) is 0 Å². The molecule has 2 unspecified atom stereocenters. The molecule has 0 aromatic heterocycles. The van der Waals surface area contributed by atoms with Crippen molar-refractivity contribution < 1.29 is 9.59 Å². The van der Waals surface area contributed by atoms with Crippen LogP contribution in [0.2, 0.25) is 0 Å². The van der Waals surface area contributed by atoms with E-state index in [2.05, 4.69) is 10.6 Å². The molecule has 0 aliphatic heterocycles. The first-order chi connectivity index (χ1) is 9.45. The summed E-state index contributed by atoms with van der Waals surface area (Å²) in [6.07, 6.45) is 0.573. The van der Waals surface area contributed by atoms with Crippen molar-refractivity contribution >= 4 is 23.4 Å². The van der Waals surface area contributed by atoms with Gasteiger partial charge in [0.15, 0.2) is 0 Å². The van der Waals surface area contributed by atoms with Crippen LogP contribution < -0.4 is 10.6 Å². The lowest BCUT2D eigenvalue weighted by Crippen LogP contribution is -2.47. The molecule has 0 bridgehead atoms. The second-order valence-corrected chi connectivity index (χ2v) is 5.51. The van der Waals surface area contributed by atoms with Gasteiger partial charge in [0.05, 0.1) is 0 Å². The van der Waals surface area contributed by atoms with Crippen molar-refractivity contribution in [1.29, 1.82) is 0 Å². The van der Waals surface area contributed by atoms with Gasteiger partial charge < -0.3 is 10.6 Å². The van der Waals surface area contributed by atoms with E-state index in [-0.39, 0.29) is 11.8 Å². The quantitative estimate of drug-likeness (QED) is 0.791. The highest BCUT2D eigenvalue weighted by Crippen LogP contribution is 2.20. The van der Waals surface area contributed by atoms with E-state index in [1.54, 1.807) is 19.2 Å². The Balaban J connectivity index is 2.72. The highest BCUT2D eigenvalue weighted by atomic mass is 35.5. The van der Waals surface area contributed by atoms with Gasteiger partial charge in [-0.25, -0.2) is 0 Å². The SMILES string of the molecule is CNC(=O)C(CC(C)C)NC(=O)C(Cl)c1ccccc1. The zero-order valence-corrected chi connectivity index (χ0v) is 12.8. The highest BCUT2D eigenvalue weighted by molar-refractivity contribution is 6.30. The summed E-state index contributed by atoms with van der Waals surface area (Å²) >= 11 is 6.14. The number of carbonyl (C=O) groups excluding carboxylic acids is 2. The van der Waals surface area contributed by atoms with Crippen molar-refractivity contribution in [3.8, 4) is 0 Å². The monoisotopic (exact) mass is 296 g/mol. The molecule has 20 heavy (non-hydrogen) atoms. The van der Waals surface area contributed by atoms with Gasteiger partial charge in [-0.2, -0.15) is 0 Å². The maximum Gasteiger partial charge on any atom is 0.243 e. The molecule has 2 amide bonds. The summed E-state index contributed by atoms with van der Waals surface area (Å²) in [5, 5.41) is 4.48. The van der Waals surface area contributed by atoms with Crippen molar-refractivity contribution in [2.24, 2.45) is 5.92 Å². The lowest BCUT2D eigenvalue weighted by molar-refractivity contribution is -0.129. The van der Waals surface area contributed by atoms with Crippen LogP contribution in [0.3, 0.4) is 0 Å². The third kappa shape index (κ3) is 4.85. The van der Waals surface area contributed by atoms with Gasteiger partial charge >= 0.3 is 0 Å². The van der Waals surface area contributed by atoms with E-state index in [1.807, 2.05) is 32.0 Å². The molecule has 1 aromatic carbocycles. The Labute approximate surface area is 124 Å². The standard InChI is InChI=1S/C15H21ClN2O2/c1-10(2)9-12(14(19)17-3)18-15(20)13(16)11-7-5-4-6-8-11/h4-8,10,12-13H,9H2,1-3H3,(H,17,19)(H,18,20). The molecule has 2 atom stereocenters. The number of likely N-dealkylation sites (N-methyl/N-ethyl adjacent to an activating group) is 1. The zero-order valence-electron chi connectivity index (χ0n) is 12.0. The molecular formula is C15H21ClN2O2. The fourth-order valence-corrected chi connectivity index (χ4v) is 2.10. The second kappa shape index (κ2) is 7.90. The first-order valence-electron chi connectivity index (χ1n) is 6.66. The number of benzene rings is 1. The number of hydrogen-bond acceptors (Lipinski definition) is 2. The van der Waals surface area contributed by atoms with Crippen LogP contribution in [0.5, 0.6) is 0 Å². The lowest BCUT2D eigenvalue weighted by atomic mass is 10.0. The molecule has 0 spiro atoms. The summed E-state index contributed by atoms with van der Waals surface area (Å²) in [5.41, 5.74) is 0.715. The molecular weight excluding hydrogens is 276 g/mol. The predicted octanol–water partition coefficient (Wildman–Crippen LogP) is 2.24. The average molecular weight is 297 g/mol. The van der Waals surface area contributed by atoms with Crippen LogP contribution in [0.25, 0.3) is 0 Å². The minimum atomic E-state index is -0.796. The Morgan fingerprint density at radius 3 is 2.25 bits per heavy atom. The largest absolute Gasteiger partial charge is 0.357 e. The maximum atomic E-state index is 12.1. The fraction of sp³-hybridized carbons (Fsp3) is 0.467. The predicted molar refractivity (Wildman–Crippen MR) is 80.5 cm³/mol. The van der Waals surface area contributed by atoms with Gasteiger partial charge in [-0.3, -0.25) is 9.59 Å². The smallest absolute Gasteiger partial charge is 0.243 e. The Kier molecular flexibility index (Phi) is 6.52. The van der Waals surface area contributed by atoms with Crippen molar-refractivity contribution in [1.82, 2.24) is 10.6 Å². The number of hydrogen-bond donors (Lipinski definition) is 2. The molecule has 4 nitrogen and oxygen atoms in total. The topological polar surface area (TPSA) is 58.2 Å². The normalized spacial score (nSPS) is 13.7. The molecule has 0 fully saturated rings. The van der Waals surface area contributed by atoms with Crippen molar-refractivity contribution in [3.63, 3.8) is 0 Å². The van der Waals surface area contributed by atoms with Crippen molar-refractivity contribution in [3.05, 3.63) is 35.9 Å². The molecule has 1 aromatic rings. The molecule has 1 rings (SSSR count). The first kappa shape index (κ1) is 16.5. The van der Waals surface area contributed by atoms with E-state index < -0.39 is 11.4 Å². The van der Waals surface area contributed by atoms with Crippen LogP contribution >= 0.6 is 11.6 Å². The number of halogens is 1. The van der Waals surface area contributed by atoms with Gasteiger partial charge in [-0.05, 0) is 17.9 Å². The summed E-state index contributed by atoms with van der Waals surface area (Å²) in [5.74, 6) is -0.265. The van der Waals surface area contributed by atoms with Gasteiger partial charge in [0.1, 0.15) is 11.4 Å². The molecule has 0 radical (unpaired) electrons. The third-order valence-corrected chi connectivity index (χ3v) is 3.36. The summed E-state index contributed by atoms with van der Waals surface area (Å²) in [7, 11) is 1.55. The molecule has 0 aliphatic rings. The van der Waals surface area contributed by atoms with Crippen LogP contribution in [0.15, 0.2) is 30.3 Å². The minimum Gasteiger partial charge on any atom is -0.357 e. The van der Waals surface area contributed by atoms with Crippen LogP contribution in [-0.4, -0.2) is 24.9 Å². The lowest BCUT2D eigenvalue weighted by Gasteiger charge is -2.20.